The molecule has 0 saturated carbocycles. The third-order valence-electron chi connectivity index (χ3n) is 4.12. The number of nitrogens with one attached hydrogen (secondary N) is 1. The molecule has 0 aromatic rings. The van der Waals surface area contributed by atoms with E-state index in [0.29, 0.717) is 12.1 Å². The molecule has 1 atom stereocenters. The maximum Gasteiger partial charge on any atom is 0.0836 e. The van der Waals surface area contributed by atoms with E-state index in [4.69, 9.17) is 4.84 Å². The molecule has 2 fully saturated rings. The molecule has 2 saturated heterocycles. The first kappa shape index (κ1) is 13.3. The Morgan fingerprint density at radius 1 is 1.12 bits per heavy atom. The molecule has 0 aliphatic carbocycles. The van der Waals surface area contributed by atoms with Crippen molar-refractivity contribution in [1.82, 2.24) is 15.5 Å². The molecule has 0 spiro atoms. The Kier molecular flexibility index (Phi) is 4.79. The highest BCUT2D eigenvalue weighted by molar-refractivity contribution is 4.78. The zero-order valence-corrected chi connectivity index (χ0v) is 11.5. The van der Waals surface area contributed by atoms with E-state index in [2.05, 4.69) is 36.4 Å². The molecule has 2 aliphatic rings. The van der Waals surface area contributed by atoms with E-state index >= 15 is 0 Å². The molecule has 2 rings (SSSR count). The SMILES string of the molecule is CC(C)N1CCCC(C2CCN(C)CC2)ON1. The van der Waals surface area contributed by atoms with Gasteiger partial charge in [0, 0.05) is 12.6 Å². The number of piperidine rings is 1. The van der Waals surface area contributed by atoms with E-state index < -0.39 is 0 Å². The average Bonchev–Trinajstić information content (AvgIpc) is 2.55. The van der Waals surface area contributed by atoms with Crippen molar-refractivity contribution in [3.63, 3.8) is 0 Å². The first-order chi connectivity index (χ1) is 8.16. The van der Waals surface area contributed by atoms with Gasteiger partial charge in [0.15, 0.2) is 0 Å². The van der Waals surface area contributed by atoms with Crippen molar-refractivity contribution in [2.45, 2.75) is 51.7 Å². The summed E-state index contributed by atoms with van der Waals surface area (Å²) in [6.07, 6.45) is 5.41. The van der Waals surface area contributed by atoms with E-state index in [1.807, 2.05) is 0 Å². The van der Waals surface area contributed by atoms with Crippen LogP contribution in [0.4, 0.5) is 0 Å². The molecule has 0 aromatic carbocycles. The summed E-state index contributed by atoms with van der Waals surface area (Å²) in [5, 5.41) is 2.20. The number of hydrazine groups is 1. The third-order valence-corrected chi connectivity index (χ3v) is 4.12. The van der Waals surface area contributed by atoms with Gasteiger partial charge < -0.3 is 4.90 Å². The van der Waals surface area contributed by atoms with Crippen molar-refractivity contribution < 1.29 is 4.84 Å². The van der Waals surface area contributed by atoms with Crippen LogP contribution in [0.1, 0.15) is 39.5 Å². The molecule has 0 radical (unpaired) electrons. The van der Waals surface area contributed by atoms with Gasteiger partial charge >= 0.3 is 0 Å². The number of hydrogen-bond donors (Lipinski definition) is 1. The highest BCUT2D eigenvalue weighted by Gasteiger charge is 2.28. The first-order valence-corrected chi connectivity index (χ1v) is 7.03. The summed E-state index contributed by atoms with van der Waals surface area (Å²) in [7, 11) is 2.21. The van der Waals surface area contributed by atoms with Crippen LogP contribution in [0, 0.1) is 5.92 Å². The lowest BCUT2D eigenvalue weighted by molar-refractivity contribution is -0.139. The second-order valence-electron chi connectivity index (χ2n) is 5.82. The molecule has 100 valence electrons. The summed E-state index contributed by atoms with van der Waals surface area (Å²) in [5.41, 5.74) is 3.16. The lowest BCUT2D eigenvalue weighted by Gasteiger charge is -2.33. The van der Waals surface area contributed by atoms with E-state index in [0.717, 1.165) is 12.5 Å². The maximum atomic E-state index is 5.91. The molecule has 1 N–H and O–H groups in total. The minimum atomic E-state index is 0.410. The number of rotatable bonds is 2. The van der Waals surface area contributed by atoms with Crippen molar-refractivity contribution in [3.8, 4) is 0 Å². The summed E-state index contributed by atoms with van der Waals surface area (Å²) in [6, 6.07) is 0.506. The fourth-order valence-corrected chi connectivity index (χ4v) is 2.80. The lowest BCUT2D eigenvalue weighted by Crippen LogP contribution is -2.44. The van der Waals surface area contributed by atoms with Gasteiger partial charge in [0.2, 0.25) is 0 Å². The smallest absolute Gasteiger partial charge is 0.0836 e. The Morgan fingerprint density at radius 3 is 2.47 bits per heavy atom. The van der Waals surface area contributed by atoms with E-state index in [-0.39, 0.29) is 0 Å². The highest BCUT2D eigenvalue weighted by Crippen LogP contribution is 2.25. The highest BCUT2D eigenvalue weighted by atomic mass is 16.7. The molecule has 2 aliphatic heterocycles. The number of nitrogens with zero attached hydrogens (tertiary/aromatic N) is 2. The van der Waals surface area contributed by atoms with Crippen molar-refractivity contribution in [2.75, 3.05) is 26.7 Å². The Balaban J connectivity index is 1.82. The van der Waals surface area contributed by atoms with Crippen LogP contribution in [-0.2, 0) is 4.84 Å². The molecule has 0 bridgehead atoms. The van der Waals surface area contributed by atoms with Crippen LogP contribution in [0.5, 0.6) is 0 Å². The van der Waals surface area contributed by atoms with Gasteiger partial charge in [0.1, 0.15) is 0 Å². The van der Waals surface area contributed by atoms with Crippen LogP contribution in [0.15, 0.2) is 0 Å². The van der Waals surface area contributed by atoms with E-state index in [9.17, 15) is 0 Å². The second kappa shape index (κ2) is 6.14. The summed E-state index contributed by atoms with van der Waals surface area (Å²) < 4.78 is 0. The van der Waals surface area contributed by atoms with Gasteiger partial charge in [0.25, 0.3) is 0 Å². The molecule has 0 amide bonds. The van der Waals surface area contributed by atoms with Crippen LogP contribution in [0.25, 0.3) is 0 Å². The van der Waals surface area contributed by atoms with E-state index in [1.165, 1.54) is 38.8 Å². The van der Waals surface area contributed by atoms with Crippen LogP contribution in [0.2, 0.25) is 0 Å². The van der Waals surface area contributed by atoms with Gasteiger partial charge in [-0.25, -0.2) is 5.01 Å². The van der Waals surface area contributed by atoms with Crippen molar-refractivity contribution in [1.29, 1.82) is 0 Å². The molecule has 2 heterocycles. The van der Waals surface area contributed by atoms with Gasteiger partial charge in [-0.1, -0.05) is 0 Å². The second-order valence-corrected chi connectivity index (χ2v) is 5.82. The van der Waals surface area contributed by atoms with E-state index in [1.54, 1.807) is 0 Å². The minimum Gasteiger partial charge on any atom is -0.306 e. The standard InChI is InChI=1S/C13H27N3O/c1-11(2)16-8-4-5-13(17-14-16)12-6-9-15(3)10-7-12/h11-14H,4-10H2,1-3H3. The van der Waals surface area contributed by atoms with Crippen molar-refractivity contribution in [2.24, 2.45) is 5.92 Å². The lowest BCUT2D eigenvalue weighted by atomic mass is 9.89. The molecule has 0 aromatic heterocycles. The molecule has 1 unspecified atom stereocenters. The van der Waals surface area contributed by atoms with Crippen molar-refractivity contribution >= 4 is 0 Å². The van der Waals surface area contributed by atoms with Crippen LogP contribution < -0.4 is 5.59 Å². The molecule has 4 heteroatoms. The average molecular weight is 241 g/mol. The predicted octanol–water partition coefficient (Wildman–Crippen LogP) is 1.64. The minimum absolute atomic E-state index is 0.410. The Labute approximate surface area is 105 Å². The van der Waals surface area contributed by atoms with Crippen LogP contribution in [-0.4, -0.2) is 48.7 Å². The van der Waals surface area contributed by atoms with Crippen LogP contribution in [0.3, 0.4) is 0 Å². The number of hydrogen-bond acceptors (Lipinski definition) is 4. The Morgan fingerprint density at radius 2 is 1.82 bits per heavy atom. The predicted molar refractivity (Wildman–Crippen MR) is 69.3 cm³/mol. The third kappa shape index (κ3) is 3.65. The normalized spacial score (nSPS) is 30.7. The molecule has 4 nitrogen and oxygen atoms in total. The summed E-state index contributed by atoms with van der Waals surface area (Å²) in [6.45, 7) is 7.94. The quantitative estimate of drug-likeness (QED) is 0.795. The zero-order valence-electron chi connectivity index (χ0n) is 11.5. The van der Waals surface area contributed by atoms with Gasteiger partial charge in [-0.3, -0.25) is 4.84 Å². The Hall–Kier alpha value is -0.160. The summed E-state index contributed by atoms with van der Waals surface area (Å²) in [4.78, 5) is 8.33. The number of likely N-dealkylation sites (tertiary alicyclic amines) is 1. The van der Waals surface area contributed by atoms with Gasteiger partial charge in [0.05, 0.1) is 6.10 Å². The first-order valence-electron chi connectivity index (χ1n) is 7.03. The largest absolute Gasteiger partial charge is 0.306 e. The van der Waals surface area contributed by atoms with Gasteiger partial charge in [-0.15, -0.1) is 5.59 Å². The van der Waals surface area contributed by atoms with Gasteiger partial charge in [-0.05, 0) is 65.6 Å². The monoisotopic (exact) mass is 241 g/mol. The fraction of sp³-hybridized carbons (Fsp3) is 1.00. The topological polar surface area (TPSA) is 27.7 Å². The maximum absolute atomic E-state index is 5.91. The zero-order chi connectivity index (χ0) is 12.3. The van der Waals surface area contributed by atoms with Crippen molar-refractivity contribution in [3.05, 3.63) is 0 Å². The molecular weight excluding hydrogens is 214 g/mol. The Bertz CT molecular complexity index is 227. The fourth-order valence-electron chi connectivity index (χ4n) is 2.80. The molecule has 17 heavy (non-hydrogen) atoms. The molecular formula is C13H27N3O. The van der Waals surface area contributed by atoms with Crippen LogP contribution >= 0.6 is 0 Å². The summed E-state index contributed by atoms with van der Waals surface area (Å²) >= 11 is 0. The summed E-state index contributed by atoms with van der Waals surface area (Å²) in [5.74, 6) is 0.741. The van der Waals surface area contributed by atoms with Gasteiger partial charge in [-0.2, -0.15) is 0 Å².